The van der Waals surface area contributed by atoms with E-state index in [1.165, 1.54) is 0 Å². The van der Waals surface area contributed by atoms with E-state index in [2.05, 4.69) is 34.2 Å². The Morgan fingerprint density at radius 2 is 2.40 bits per heavy atom. The SMILES string of the molecule is C=C(O)[C@@H]1O[C@H](n2cc(F)c(N)nc2=O)CSC[C@@H]1I. The smallest absolute Gasteiger partial charge is 0.351 e. The summed E-state index contributed by atoms with van der Waals surface area (Å²) in [6.45, 7) is 3.47. The van der Waals surface area contributed by atoms with Crippen molar-refractivity contribution in [3.05, 3.63) is 34.8 Å². The lowest BCUT2D eigenvalue weighted by Gasteiger charge is -2.24. The Morgan fingerprint density at radius 1 is 1.70 bits per heavy atom. The molecule has 0 bridgehead atoms. The molecule has 6 nitrogen and oxygen atoms in total. The van der Waals surface area contributed by atoms with Crippen LogP contribution in [-0.4, -0.2) is 36.2 Å². The molecular weight excluding hydrogens is 400 g/mol. The van der Waals surface area contributed by atoms with Crippen molar-refractivity contribution >= 4 is 40.2 Å². The number of aromatic nitrogens is 2. The Balaban J connectivity index is 2.34. The second kappa shape index (κ2) is 6.31. The van der Waals surface area contributed by atoms with Crippen LogP contribution in [0.4, 0.5) is 10.2 Å². The van der Waals surface area contributed by atoms with Crippen molar-refractivity contribution in [3.8, 4) is 0 Å². The molecule has 0 aromatic carbocycles. The Morgan fingerprint density at radius 3 is 3.05 bits per heavy atom. The molecule has 3 atom stereocenters. The largest absolute Gasteiger partial charge is 0.510 e. The van der Waals surface area contributed by atoms with Crippen LogP contribution in [0.1, 0.15) is 6.23 Å². The van der Waals surface area contributed by atoms with Gasteiger partial charge >= 0.3 is 5.69 Å². The van der Waals surface area contributed by atoms with Crippen LogP contribution in [0, 0.1) is 5.82 Å². The number of alkyl halides is 1. The van der Waals surface area contributed by atoms with Gasteiger partial charge in [0.25, 0.3) is 0 Å². The lowest BCUT2D eigenvalue weighted by molar-refractivity contribution is -0.0350. The van der Waals surface area contributed by atoms with Crippen molar-refractivity contribution in [3.63, 3.8) is 0 Å². The van der Waals surface area contributed by atoms with Crippen LogP contribution in [-0.2, 0) is 4.74 Å². The molecule has 3 N–H and O–H groups in total. The summed E-state index contributed by atoms with van der Waals surface area (Å²) in [7, 11) is 0. The predicted molar refractivity (Wildman–Crippen MR) is 83.7 cm³/mol. The van der Waals surface area contributed by atoms with Crippen LogP contribution in [0.25, 0.3) is 0 Å². The molecule has 0 spiro atoms. The molecule has 0 saturated carbocycles. The molecule has 1 saturated heterocycles. The molecule has 110 valence electrons. The first-order chi connectivity index (χ1) is 9.40. The van der Waals surface area contributed by atoms with E-state index in [0.717, 1.165) is 16.5 Å². The highest BCUT2D eigenvalue weighted by molar-refractivity contribution is 14.1. The van der Waals surface area contributed by atoms with E-state index in [1.807, 2.05) is 0 Å². The second-order valence-corrected chi connectivity index (χ2v) is 6.89. The summed E-state index contributed by atoms with van der Waals surface area (Å²) in [5.74, 6) is -0.182. The average Bonchev–Trinajstić information content (AvgIpc) is 2.56. The Kier molecular flexibility index (Phi) is 4.91. The quantitative estimate of drug-likeness (QED) is 0.434. The minimum Gasteiger partial charge on any atom is -0.510 e. The average molecular weight is 413 g/mol. The van der Waals surface area contributed by atoms with E-state index in [1.54, 1.807) is 11.8 Å². The van der Waals surface area contributed by atoms with Gasteiger partial charge in [0, 0.05) is 11.5 Å². The monoisotopic (exact) mass is 413 g/mol. The van der Waals surface area contributed by atoms with Gasteiger partial charge in [-0.15, -0.1) is 0 Å². The van der Waals surface area contributed by atoms with Crippen LogP contribution >= 0.6 is 34.4 Å². The second-order valence-electron chi connectivity index (χ2n) is 4.22. The summed E-state index contributed by atoms with van der Waals surface area (Å²) in [4.78, 5) is 15.2. The molecule has 1 aliphatic rings. The van der Waals surface area contributed by atoms with Gasteiger partial charge in [-0.25, -0.2) is 9.18 Å². The van der Waals surface area contributed by atoms with Gasteiger partial charge in [-0.2, -0.15) is 16.7 Å². The number of halogens is 2. The van der Waals surface area contributed by atoms with Gasteiger partial charge in [0.15, 0.2) is 11.6 Å². The summed E-state index contributed by atoms with van der Waals surface area (Å²) in [5, 5.41) is 9.57. The van der Waals surface area contributed by atoms with Gasteiger partial charge in [-0.1, -0.05) is 29.2 Å². The predicted octanol–water partition coefficient (Wildman–Crippen LogP) is 1.47. The molecule has 9 heteroatoms. The zero-order valence-electron chi connectivity index (χ0n) is 10.3. The van der Waals surface area contributed by atoms with Crippen molar-refractivity contribution in [1.29, 1.82) is 0 Å². The number of aliphatic hydroxyl groups is 1. The van der Waals surface area contributed by atoms with Crippen LogP contribution in [0.2, 0.25) is 0 Å². The van der Waals surface area contributed by atoms with Crippen molar-refractivity contribution in [2.24, 2.45) is 0 Å². The van der Waals surface area contributed by atoms with E-state index in [0.29, 0.717) is 5.75 Å². The third-order valence-electron chi connectivity index (χ3n) is 2.74. The molecule has 1 fully saturated rings. The summed E-state index contributed by atoms with van der Waals surface area (Å²) in [6.07, 6.45) is -0.382. The number of rotatable bonds is 2. The highest BCUT2D eigenvalue weighted by Gasteiger charge is 2.31. The summed E-state index contributed by atoms with van der Waals surface area (Å²) < 4.78 is 20.2. The van der Waals surface area contributed by atoms with Gasteiger partial charge in [0.1, 0.15) is 18.1 Å². The fraction of sp³-hybridized carbons (Fsp3) is 0.455. The van der Waals surface area contributed by atoms with Crippen molar-refractivity contribution in [2.75, 3.05) is 17.2 Å². The standard InChI is InChI=1S/C11H13FIN3O3S/c1-5(17)9-7(13)3-20-4-8(19-9)16-2-6(12)10(14)15-11(16)18/h2,7-9,17H,1,3-4H2,(H2,14,15,18)/t7-,8-,9-/m0/s1. The number of hydrogen-bond donors (Lipinski definition) is 2. The molecule has 0 amide bonds. The number of aliphatic hydroxyl groups excluding tert-OH is 1. The Bertz CT molecular complexity index is 583. The summed E-state index contributed by atoms with van der Waals surface area (Å²) >= 11 is 3.69. The highest BCUT2D eigenvalue weighted by Crippen LogP contribution is 2.30. The number of ether oxygens (including phenoxy) is 1. The maximum absolute atomic E-state index is 13.5. The summed E-state index contributed by atoms with van der Waals surface area (Å²) in [5.41, 5.74) is 4.56. The topological polar surface area (TPSA) is 90.4 Å². The molecule has 1 aliphatic heterocycles. The van der Waals surface area contributed by atoms with E-state index >= 15 is 0 Å². The lowest BCUT2D eigenvalue weighted by Crippen LogP contribution is -2.34. The molecule has 0 radical (unpaired) electrons. The lowest BCUT2D eigenvalue weighted by atomic mass is 10.2. The number of nitrogen functional groups attached to an aromatic ring is 1. The number of nitrogens with zero attached hydrogens (tertiary/aromatic N) is 2. The normalized spacial score (nSPS) is 27.0. The number of hydrogen-bond acceptors (Lipinski definition) is 6. The van der Waals surface area contributed by atoms with E-state index in [9.17, 15) is 14.3 Å². The molecular formula is C11H13FIN3O3S. The Labute approximate surface area is 132 Å². The van der Waals surface area contributed by atoms with Crippen LogP contribution in [0.3, 0.4) is 0 Å². The molecule has 20 heavy (non-hydrogen) atoms. The molecule has 0 unspecified atom stereocenters. The maximum Gasteiger partial charge on any atom is 0.351 e. The van der Waals surface area contributed by atoms with Crippen molar-refractivity contribution in [1.82, 2.24) is 9.55 Å². The first-order valence-corrected chi connectivity index (χ1v) is 8.09. The highest BCUT2D eigenvalue weighted by atomic mass is 127. The minimum absolute atomic E-state index is 0.00221. The third-order valence-corrected chi connectivity index (χ3v) is 5.55. The van der Waals surface area contributed by atoms with Crippen LogP contribution in [0.15, 0.2) is 23.3 Å². The van der Waals surface area contributed by atoms with E-state index in [4.69, 9.17) is 10.5 Å². The van der Waals surface area contributed by atoms with Crippen LogP contribution in [0.5, 0.6) is 0 Å². The molecule has 0 aliphatic carbocycles. The maximum atomic E-state index is 13.5. The first kappa shape index (κ1) is 15.6. The minimum atomic E-state index is -0.784. The van der Waals surface area contributed by atoms with Gasteiger partial charge in [-0.05, 0) is 0 Å². The number of thioether (sulfide) groups is 1. The van der Waals surface area contributed by atoms with Gasteiger partial charge in [-0.3, -0.25) is 4.57 Å². The number of nitrogens with two attached hydrogens (primary N) is 1. The number of anilines is 1. The first-order valence-electron chi connectivity index (χ1n) is 5.69. The fourth-order valence-electron chi connectivity index (χ4n) is 1.76. The molecule has 1 aromatic rings. The fourth-order valence-corrected chi connectivity index (χ4v) is 4.08. The summed E-state index contributed by atoms with van der Waals surface area (Å²) in [6, 6.07) is 0. The van der Waals surface area contributed by atoms with Crippen LogP contribution < -0.4 is 11.4 Å². The van der Waals surface area contributed by atoms with Gasteiger partial charge in [0.05, 0.1) is 10.1 Å². The van der Waals surface area contributed by atoms with Gasteiger partial charge in [0.2, 0.25) is 0 Å². The molecule has 2 rings (SSSR count). The third kappa shape index (κ3) is 3.26. The molecule has 2 heterocycles. The zero-order chi connectivity index (χ0) is 14.9. The van der Waals surface area contributed by atoms with E-state index in [-0.39, 0.29) is 9.68 Å². The van der Waals surface area contributed by atoms with Crippen molar-refractivity contribution < 1.29 is 14.2 Å². The molecule has 1 aromatic heterocycles. The van der Waals surface area contributed by atoms with E-state index < -0.39 is 29.7 Å². The van der Waals surface area contributed by atoms with Crippen molar-refractivity contribution in [2.45, 2.75) is 16.3 Å². The van der Waals surface area contributed by atoms with Gasteiger partial charge < -0.3 is 15.6 Å². The zero-order valence-corrected chi connectivity index (χ0v) is 13.3. The Hall–Kier alpha value is -0.810.